The average molecular weight is 247 g/mol. The molecule has 1 fully saturated rings. The Morgan fingerprint density at radius 1 is 1.44 bits per heavy atom. The Bertz CT molecular complexity index is 576. The molecule has 3 heterocycles. The van der Waals surface area contributed by atoms with E-state index in [9.17, 15) is 0 Å². The number of fused-ring (bicyclic) bond motifs is 1. The van der Waals surface area contributed by atoms with Crippen molar-refractivity contribution in [2.75, 3.05) is 30.3 Å². The second-order valence-electron chi connectivity index (χ2n) is 4.65. The van der Waals surface area contributed by atoms with Gasteiger partial charge in [-0.05, 0) is 6.92 Å². The summed E-state index contributed by atoms with van der Waals surface area (Å²) < 4.78 is 1.80. The summed E-state index contributed by atoms with van der Waals surface area (Å²) in [6, 6.07) is 0.381. The maximum atomic E-state index is 5.78. The van der Waals surface area contributed by atoms with E-state index in [2.05, 4.69) is 32.2 Å². The minimum atomic E-state index is 0.302. The Morgan fingerprint density at radius 3 is 3.06 bits per heavy atom. The smallest absolute Gasteiger partial charge is 0.222 e. The number of rotatable bonds is 1. The van der Waals surface area contributed by atoms with Gasteiger partial charge in [0.15, 0.2) is 5.82 Å². The van der Waals surface area contributed by atoms with Gasteiger partial charge in [0.1, 0.15) is 11.0 Å². The fourth-order valence-corrected chi connectivity index (χ4v) is 2.43. The third-order valence-electron chi connectivity index (χ3n) is 3.36. The molecule has 0 aromatic carbocycles. The molecule has 1 aliphatic rings. The number of anilines is 2. The molecule has 1 saturated heterocycles. The fourth-order valence-electron chi connectivity index (χ4n) is 2.43. The molecular weight excluding hydrogens is 230 g/mol. The van der Waals surface area contributed by atoms with Gasteiger partial charge in [0.05, 0.1) is 6.20 Å². The third kappa shape index (κ3) is 1.67. The molecular formula is C11H17N7. The highest BCUT2D eigenvalue weighted by Gasteiger charge is 2.23. The van der Waals surface area contributed by atoms with Crippen molar-refractivity contribution in [2.45, 2.75) is 13.0 Å². The number of aromatic nitrogens is 4. The summed E-state index contributed by atoms with van der Waals surface area (Å²) >= 11 is 0. The molecule has 2 aromatic heterocycles. The number of hydrogen-bond acceptors (Lipinski definition) is 6. The van der Waals surface area contributed by atoms with Crippen molar-refractivity contribution in [2.24, 2.45) is 7.05 Å². The van der Waals surface area contributed by atoms with Gasteiger partial charge in [-0.25, -0.2) is 4.98 Å². The van der Waals surface area contributed by atoms with E-state index in [0.717, 1.165) is 36.5 Å². The second kappa shape index (κ2) is 4.09. The minimum absolute atomic E-state index is 0.302. The van der Waals surface area contributed by atoms with E-state index in [1.165, 1.54) is 0 Å². The maximum absolute atomic E-state index is 5.78. The molecule has 0 radical (unpaired) electrons. The number of nitrogens with zero attached hydrogens (tertiary/aromatic N) is 5. The predicted octanol–water partition coefficient (Wildman–Crippen LogP) is -0.256. The molecule has 0 spiro atoms. The zero-order valence-corrected chi connectivity index (χ0v) is 10.6. The summed E-state index contributed by atoms with van der Waals surface area (Å²) in [5.74, 6) is 1.18. The van der Waals surface area contributed by atoms with Crippen molar-refractivity contribution >= 4 is 22.8 Å². The van der Waals surface area contributed by atoms with Crippen LogP contribution in [0.2, 0.25) is 0 Å². The molecule has 18 heavy (non-hydrogen) atoms. The molecule has 0 bridgehead atoms. The maximum Gasteiger partial charge on any atom is 0.222 e. The van der Waals surface area contributed by atoms with Gasteiger partial charge in [-0.3, -0.25) is 4.68 Å². The lowest BCUT2D eigenvalue weighted by Crippen LogP contribution is -2.50. The van der Waals surface area contributed by atoms with E-state index in [4.69, 9.17) is 5.73 Å². The van der Waals surface area contributed by atoms with Crippen molar-refractivity contribution in [1.82, 2.24) is 25.1 Å². The summed E-state index contributed by atoms with van der Waals surface area (Å²) in [5.41, 5.74) is 7.52. The molecule has 0 amide bonds. The van der Waals surface area contributed by atoms with Crippen LogP contribution >= 0.6 is 0 Å². The van der Waals surface area contributed by atoms with E-state index in [0.29, 0.717) is 12.0 Å². The molecule has 7 nitrogen and oxygen atoms in total. The summed E-state index contributed by atoms with van der Waals surface area (Å²) in [5, 5.41) is 7.60. The Balaban J connectivity index is 2.17. The quantitative estimate of drug-likeness (QED) is 0.722. The van der Waals surface area contributed by atoms with Gasteiger partial charge in [0, 0.05) is 32.7 Å². The predicted molar refractivity (Wildman–Crippen MR) is 70.4 cm³/mol. The summed E-state index contributed by atoms with van der Waals surface area (Å²) in [7, 11) is 1.90. The number of piperazine rings is 1. The zero-order valence-electron chi connectivity index (χ0n) is 10.6. The summed E-state index contributed by atoms with van der Waals surface area (Å²) in [6.45, 7) is 4.99. The van der Waals surface area contributed by atoms with Gasteiger partial charge in [0.25, 0.3) is 0 Å². The number of hydrogen-bond donors (Lipinski definition) is 2. The standard InChI is InChI=1S/C11H17N7/c1-7-5-13-3-4-18(7)10-9-8(6-14-17(9)2)15-11(12)16-10/h6-7,13H,3-5H2,1-2H3,(H2,12,15,16)/t7-/m0/s1. The summed E-state index contributed by atoms with van der Waals surface area (Å²) in [6.07, 6.45) is 1.73. The van der Waals surface area contributed by atoms with Crippen LogP contribution in [-0.4, -0.2) is 45.4 Å². The molecule has 7 heteroatoms. The van der Waals surface area contributed by atoms with Gasteiger partial charge < -0.3 is 16.0 Å². The Hall–Kier alpha value is -1.89. The molecule has 0 unspecified atom stereocenters. The van der Waals surface area contributed by atoms with Crippen molar-refractivity contribution in [3.63, 3.8) is 0 Å². The average Bonchev–Trinajstić information content (AvgIpc) is 2.71. The molecule has 2 aromatic rings. The van der Waals surface area contributed by atoms with Crippen molar-refractivity contribution in [3.8, 4) is 0 Å². The number of aryl methyl sites for hydroxylation is 1. The molecule has 1 aliphatic heterocycles. The summed E-state index contributed by atoms with van der Waals surface area (Å²) in [4.78, 5) is 10.9. The number of nitrogen functional groups attached to an aromatic ring is 1. The highest BCUT2D eigenvalue weighted by atomic mass is 15.3. The lowest BCUT2D eigenvalue weighted by Gasteiger charge is -2.35. The molecule has 3 rings (SSSR count). The van der Waals surface area contributed by atoms with Crippen LogP contribution in [0.15, 0.2) is 6.20 Å². The van der Waals surface area contributed by atoms with E-state index >= 15 is 0 Å². The lowest BCUT2D eigenvalue weighted by molar-refractivity contribution is 0.497. The first kappa shape index (κ1) is 11.2. The van der Waals surface area contributed by atoms with Gasteiger partial charge in [-0.15, -0.1) is 0 Å². The van der Waals surface area contributed by atoms with Crippen molar-refractivity contribution in [3.05, 3.63) is 6.20 Å². The van der Waals surface area contributed by atoms with Crippen molar-refractivity contribution < 1.29 is 0 Å². The van der Waals surface area contributed by atoms with E-state index in [-0.39, 0.29) is 0 Å². The van der Waals surface area contributed by atoms with Crippen LogP contribution in [0.5, 0.6) is 0 Å². The Morgan fingerprint density at radius 2 is 2.28 bits per heavy atom. The first-order chi connectivity index (χ1) is 8.66. The van der Waals surface area contributed by atoms with Gasteiger partial charge in [-0.2, -0.15) is 10.1 Å². The van der Waals surface area contributed by atoms with E-state index in [1.807, 2.05) is 7.05 Å². The first-order valence-electron chi connectivity index (χ1n) is 6.09. The molecule has 1 atom stereocenters. The Labute approximate surface area is 105 Å². The zero-order chi connectivity index (χ0) is 12.7. The second-order valence-corrected chi connectivity index (χ2v) is 4.65. The Kier molecular flexibility index (Phi) is 2.55. The molecule has 0 aliphatic carbocycles. The number of nitrogens with one attached hydrogen (secondary N) is 1. The molecule has 0 saturated carbocycles. The normalized spacial score (nSPS) is 20.6. The van der Waals surface area contributed by atoms with Crippen LogP contribution in [0.4, 0.5) is 11.8 Å². The van der Waals surface area contributed by atoms with Crippen LogP contribution in [0.3, 0.4) is 0 Å². The van der Waals surface area contributed by atoms with E-state index in [1.54, 1.807) is 10.9 Å². The number of nitrogens with two attached hydrogens (primary N) is 1. The van der Waals surface area contributed by atoms with Crippen LogP contribution < -0.4 is 16.0 Å². The van der Waals surface area contributed by atoms with Crippen LogP contribution in [0.25, 0.3) is 11.0 Å². The fraction of sp³-hybridized carbons (Fsp3) is 0.545. The van der Waals surface area contributed by atoms with Gasteiger partial charge in [0.2, 0.25) is 5.95 Å². The van der Waals surface area contributed by atoms with Crippen LogP contribution in [0, 0.1) is 0 Å². The van der Waals surface area contributed by atoms with Crippen molar-refractivity contribution in [1.29, 1.82) is 0 Å². The molecule has 3 N–H and O–H groups in total. The largest absolute Gasteiger partial charge is 0.368 e. The van der Waals surface area contributed by atoms with E-state index < -0.39 is 0 Å². The lowest BCUT2D eigenvalue weighted by atomic mass is 10.2. The van der Waals surface area contributed by atoms with Crippen LogP contribution in [-0.2, 0) is 7.05 Å². The SMILES string of the molecule is C[C@H]1CNCCN1c1nc(N)nc2cnn(C)c12. The first-order valence-corrected chi connectivity index (χ1v) is 6.09. The van der Waals surface area contributed by atoms with Gasteiger partial charge >= 0.3 is 0 Å². The third-order valence-corrected chi connectivity index (χ3v) is 3.36. The monoisotopic (exact) mass is 247 g/mol. The van der Waals surface area contributed by atoms with Crippen LogP contribution in [0.1, 0.15) is 6.92 Å². The molecule has 96 valence electrons. The minimum Gasteiger partial charge on any atom is -0.368 e. The highest BCUT2D eigenvalue weighted by Crippen LogP contribution is 2.25. The highest BCUT2D eigenvalue weighted by molar-refractivity contribution is 5.87. The van der Waals surface area contributed by atoms with Gasteiger partial charge in [-0.1, -0.05) is 0 Å². The topological polar surface area (TPSA) is 84.9 Å².